The Morgan fingerprint density at radius 3 is 2.46 bits per heavy atom. The molecular weight excluding hydrogens is 162 g/mol. The van der Waals surface area contributed by atoms with Crippen molar-refractivity contribution in [1.82, 2.24) is 0 Å². The molecule has 0 unspecified atom stereocenters. The van der Waals surface area contributed by atoms with Crippen molar-refractivity contribution in [3.63, 3.8) is 0 Å². The summed E-state index contributed by atoms with van der Waals surface area (Å²) in [5.41, 5.74) is 1.65. The summed E-state index contributed by atoms with van der Waals surface area (Å²) in [7, 11) is 0. The zero-order valence-corrected chi connectivity index (χ0v) is 8.63. The molecule has 0 atom stereocenters. The number of nitrogens with zero attached hydrogens (tertiary/aromatic N) is 1. The summed E-state index contributed by atoms with van der Waals surface area (Å²) in [6.45, 7) is 9.35. The van der Waals surface area contributed by atoms with Gasteiger partial charge in [0.1, 0.15) is 0 Å². The van der Waals surface area contributed by atoms with Crippen LogP contribution in [0.15, 0.2) is 29.4 Å². The minimum absolute atomic E-state index is 0.202. The minimum Gasteiger partial charge on any atom is -0.294 e. The normalized spacial score (nSPS) is 21.6. The molecule has 72 valence electrons. The summed E-state index contributed by atoms with van der Waals surface area (Å²) >= 11 is 0. The Morgan fingerprint density at radius 1 is 1.38 bits per heavy atom. The van der Waals surface area contributed by atoms with E-state index in [9.17, 15) is 4.79 Å². The van der Waals surface area contributed by atoms with Crippen molar-refractivity contribution in [1.29, 1.82) is 0 Å². The lowest BCUT2D eigenvalue weighted by molar-refractivity contribution is -0.114. The van der Waals surface area contributed by atoms with E-state index >= 15 is 0 Å². The minimum atomic E-state index is 0.202. The van der Waals surface area contributed by atoms with Crippen LogP contribution in [-0.2, 0) is 4.79 Å². The first-order valence-corrected chi connectivity index (χ1v) is 4.67. The molecule has 2 nitrogen and oxygen atoms in total. The van der Waals surface area contributed by atoms with Gasteiger partial charge in [0.05, 0.1) is 5.71 Å². The third-order valence-electron chi connectivity index (χ3n) is 1.74. The van der Waals surface area contributed by atoms with E-state index in [4.69, 9.17) is 0 Å². The number of aliphatic imine (C=N–C) groups is 1. The number of carbonyl (C=O) groups is 1. The summed E-state index contributed by atoms with van der Waals surface area (Å²) in [6, 6.07) is 0. The molecule has 0 bridgehead atoms. The van der Waals surface area contributed by atoms with E-state index in [1.54, 1.807) is 0 Å². The van der Waals surface area contributed by atoms with Crippen LogP contribution in [0.3, 0.4) is 0 Å². The molecule has 0 amide bonds. The lowest BCUT2D eigenvalue weighted by Gasteiger charge is -1.92. The van der Waals surface area contributed by atoms with Gasteiger partial charge in [-0.25, -0.2) is 0 Å². The molecular formula is C11H17NO. The van der Waals surface area contributed by atoms with Crippen LogP contribution in [-0.4, -0.2) is 11.5 Å². The second-order valence-corrected chi connectivity index (χ2v) is 2.38. The molecule has 0 spiro atoms. The van der Waals surface area contributed by atoms with Crippen LogP contribution in [0, 0.1) is 0 Å². The van der Waals surface area contributed by atoms with Crippen molar-refractivity contribution in [2.75, 3.05) is 0 Å². The lowest BCUT2D eigenvalue weighted by atomic mass is 10.2. The van der Waals surface area contributed by atoms with Crippen LogP contribution in [0.1, 0.15) is 33.6 Å². The maximum atomic E-state index is 11.1. The molecule has 0 aromatic rings. The van der Waals surface area contributed by atoms with Crippen LogP contribution in [0.2, 0.25) is 0 Å². The third kappa shape index (κ3) is 2.98. The van der Waals surface area contributed by atoms with E-state index < -0.39 is 0 Å². The fraction of sp³-hybridized carbons (Fsp3) is 0.455. The number of hydrogen-bond acceptors (Lipinski definition) is 2. The van der Waals surface area contributed by atoms with E-state index in [1.807, 2.05) is 26.8 Å². The molecule has 0 saturated heterocycles. The molecule has 1 rings (SSSR count). The molecule has 1 aliphatic carbocycles. The maximum absolute atomic E-state index is 11.1. The number of Topliss-reactive ketones (excluding diaryl/α,β-unsaturated/α-hetero) is 1. The fourth-order valence-electron chi connectivity index (χ4n) is 1.23. The predicted molar refractivity (Wildman–Crippen MR) is 57.0 cm³/mol. The van der Waals surface area contributed by atoms with Crippen LogP contribution in [0.25, 0.3) is 0 Å². The molecule has 0 aromatic heterocycles. The van der Waals surface area contributed by atoms with E-state index in [0.717, 1.165) is 17.7 Å². The molecule has 0 N–H and O–H groups in total. The van der Waals surface area contributed by atoms with E-state index in [2.05, 4.69) is 11.6 Å². The molecule has 1 fully saturated rings. The van der Waals surface area contributed by atoms with Gasteiger partial charge >= 0.3 is 0 Å². The molecule has 0 aromatic carbocycles. The van der Waals surface area contributed by atoms with Gasteiger partial charge in [-0.2, -0.15) is 0 Å². The summed E-state index contributed by atoms with van der Waals surface area (Å²) in [5.74, 6) is 0.202. The number of hydrogen-bond donors (Lipinski definition) is 0. The first-order chi connectivity index (χ1) is 6.29. The second-order valence-electron chi connectivity index (χ2n) is 2.38. The number of rotatable bonds is 1. The van der Waals surface area contributed by atoms with Gasteiger partial charge in [0, 0.05) is 18.2 Å². The van der Waals surface area contributed by atoms with Gasteiger partial charge < -0.3 is 0 Å². The Balaban J connectivity index is 0.000000671. The highest BCUT2D eigenvalue weighted by atomic mass is 16.1. The van der Waals surface area contributed by atoms with Crippen molar-refractivity contribution in [2.24, 2.45) is 4.99 Å². The Kier molecular flexibility index (Phi) is 5.77. The van der Waals surface area contributed by atoms with Crippen LogP contribution in [0.5, 0.6) is 0 Å². The SMILES string of the molecule is C=CN=C1CCC(=O)/C1=C/C.CC. The van der Waals surface area contributed by atoms with Gasteiger partial charge in [0.2, 0.25) is 0 Å². The first-order valence-electron chi connectivity index (χ1n) is 4.67. The molecule has 1 aliphatic rings. The van der Waals surface area contributed by atoms with Crippen LogP contribution in [0.4, 0.5) is 0 Å². The third-order valence-corrected chi connectivity index (χ3v) is 1.74. The highest BCUT2D eigenvalue weighted by molar-refractivity contribution is 6.27. The Labute approximate surface area is 80.1 Å². The monoisotopic (exact) mass is 179 g/mol. The smallest absolute Gasteiger partial charge is 0.164 e. The van der Waals surface area contributed by atoms with Crippen molar-refractivity contribution < 1.29 is 4.79 Å². The topological polar surface area (TPSA) is 29.4 Å². The van der Waals surface area contributed by atoms with Crippen LogP contribution >= 0.6 is 0 Å². The van der Waals surface area contributed by atoms with Gasteiger partial charge in [-0.3, -0.25) is 9.79 Å². The molecule has 0 aliphatic heterocycles. The van der Waals surface area contributed by atoms with Crippen molar-refractivity contribution in [3.8, 4) is 0 Å². The highest BCUT2D eigenvalue weighted by Crippen LogP contribution is 2.17. The van der Waals surface area contributed by atoms with Gasteiger partial charge in [-0.15, -0.1) is 0 Å². The summed E-state index contributed by atoms with van der Waals surface area (Å²) in [4.78, 5) is 15.1. The zero-order valence-electron chi connectivity index (χ0n) is 8.63. The molecule has 0 heterocycles. The maximum Gasteiger partial charge on any atom is 0.164 e. The Hall–Kier alpha value is -1.18. The van der Waals surface area contributed by atoms with Gasteiger partial charge in [-0.05, 0) is 13.3 Å². The van der Waals surface area contributed by atoms with Crippen molar-refractivity contribution in [2.45, 2.75) is 33.6 Å². The predicted octanol–water partition coefficient (Wildman–Crippen LogP) is 2.91. The van der Waals surface area contributed by atoms with Crippen molar-refractivity contribution in [3.05, 3.63) is 24.4 Å². The second kappa shape index (κ2) is 6.35. The average molecular weight is 179 g/mol. The standard InChI is InChI=1S/C9H11NO.C2H6/c1-3-7-8(10-4-2)5-6-9(7)11;1-2/h3-4H,2,5-6H2,1H3;1-2H3/b7-3+,10-8?;. The van der Waals surface area contributed by atoms with E-state index in [1.165, 1.54) is 6.20 Å². The number of carbonyl (C=O) groups excluding carboxylic acids is 1. The molecule has 0 radical (unpaired) electrons. The number of allylic oxidation sites excluding steroid dienone is 2. The molecule has 13 heavy (non-hydrogen) atoms. The van der Waals surface area contributed by atoms with Crippen LogP contribution < -0.4 is 0 Å². The molecule has 1 saturated carbocycles. The highest BCUT2D eigenvalue weighted by Gasteiger charge is 2.22. The lowest BCUT2D eigenvalue weighted by Crippen LogP contribution is -1.98. The first kappa shape index (κ1) is 11.8. The quantitative estimate of drug-likeness (QED) is 0.569. The summed E-state index contributed by atoms with van der Waals surface area (Å²) in [6.07, 6.45) is 4.67. The average Bonchev–Trinajstić information content (AvgIpc) is 2.51. The Bertz CT molecular complexity index is 249. The number of ketones is 1. The van der Waals surface area contributed by atoms with Gasteiger partial charge in [-0.1, -0.05) is 26.5 Å². The van der Waals surface area contributed by atoms with E-state index in [0.29, 0.717) is 6.42 Å². The fourth-order valence-corrected chi connectivity index (χ4v) is 1.23. The summed E-state index contributed by atoms with van der Waals surface area (Å²) in [5, 5.41) is 0. The Morgan fingerprint density at radius 2 is 2.00 bits per heavy atom. The largest absolute Gasteiger partial charge is 0.294 e. The van der Waals surface area contributed by atoms with E-state index in [-0.39, 0.29) is 5.78 Å². The zero-order chi connectivity index (χ0) is 10.3. The van der Waals surface area contributed by atoms with Gasteiger partial charge in [0.15, 0.2) is 5.78 Å². The van der Waals surface area contributed by atoms with Gasteiger partial charge in [0.25, 0.3) is 0 Å². The van der Waals surface area contributed by atoms with Crippen molar-refractivity contribution >= 4 is 11.5 Å². The summed E-state index contributed by atoms with van der Waals surface area (Å²) < 4.78 is 0. The molecule has 2 heteroatoms.